The van der Waals surface area contributed by atoms with Crippen LogP contribution in [-0.2, 0) is 6.18 Å². The fourth-order valence-corrected chi connectivity index (χ4v) is 4.89. The summed E-state index contributed by atoms with van der Waals surface area (Å²) in [4.78, 5) is 0. The highest BCUT2D eigenvalue weighted by molar-refractivity contribution is 5.88. The molecule has 0 aromatic heterocycles. The molecule has 4 rings (SSSR count). The number of nitrogens with one attached hydrogen (secondary N) is 2. The summed E-state index contributed by atoms with van der Waals surface area (Å²) in [7, 11) is 0. The standard InChI is InChI=1S/C35H41F3N2O3/c36-35(37,38)29-17-19-31(20-18-29)43-33(28-12-4-3-5-13-28)21-24-39-22-8-1-2-9-23-40-25-30(41)26-42-34-16-10-14-27-11-6-7-15-32(27)34/h3-7,10-20,30,33,39-41H,1-2,8-9,21-26H2. The molecule has 0 aliphatic heterocycles. The molecule has 8 heteroatoms. The second-order valence-corrected chi connectivity index (χ2v) is 10.6. The summed E-state index contributed by atoms with van der Waals surface area (Å²) in [6, 6.07) is 28.6. The largest absolute Gasteiger partial charge is 0.490 e. The van der Waals surface area contributed by atoms with Gasteiger partial charge in [-0.1, -0.05) is 79.6 Å². The number of hydrogen-bond acceptors (Lipinski definition) is 5. The highest BCUT2D eigenvalue weighted by Gasteiger charge is 2.30. The first-order valence-electron chi connectivity index (χ1n) is 15.0. The van der Waals surface area contributed by atoms with Crippen LogP contribution in [0.4, 0.5) is 13.2 Å². The molecule has 43 heavy (non-hydrogen) atoms. The van der Waals surface area contributed by atoms with Gasteiger partial charge in [-0.2, -0.15) is 13.2 Å². The number of aliphatic hydroxyl groups is 1. The van der Waals surface area contributed by atoms with E-state index in [0.717, 1.165) is 79.5 Å². The molecule has 0 saturated carbocycles. The molecule has 0 saturated heterocycles. The molecule has 0 aliphatic rings. The average Bonchev–Trinajstić information content (AvgIpc) is 3.02. The van der Waals surface area contributed by atoms with Crippen molar-refractivity contribution in [2.45, 2.75) is 50.5 Å². The Balaban J connectivity index is 1.05. The van der Waals surface area contributed by atoms with Gasteiger partial charge in [-0.05, 0) is 73.8 Å². The van der Waals surface area contributed by atoms with E-state index in [2.05, 4.69) is 10.6 Å². The molecule has 2 unspecified atom stereocenters. The molecule has 0 spiro atoms. The van der Waals surface area contributed by atoms with Crippen LogP contribution in [0.1, 0.15) is 49.3 Å². The van der Waals surface area contributed by atoms with Gasteiger partial charge in [-0.25, -0.2) is 0 Å². The van der Waals surface area contributed by atoms with Gasteiger partial charge in [0.1, 0.15) is 30.3 Å². The summed E-state index contributed by atoms with van der Waals surface area (Å²) in [5.74, 6) is 1.20. The van der Waals surface area contributed by atoms with Gasteiger partial charge >= 0.3 is 6.18 Å². The van der Waals surface area contributed by atoms with E-state index in [1.165, 1.54) is 12.1 Å². The van der Waals surface area contributed by atoms with Crippen molar-refractivity contribution in [3.63, 3.8) is 0 Å². The van der Waals surface area contributed by atoms with E-state index in [-0.39, 0.29) is 12.7 Å². The van der Waals surface area contributed by atoms with Crippen molar-refractivity contribution in [2.24, 2.45) is 0 Å². The van der Waals surface area contributed by atoms with Crippen LogP contribution in [0.3, 0.4) is 0 Å². The van der Waals surface area contributed by atoms with E-state index in [9.17, 15) is 18.3 Å². The van der Waals surface area contributed by atoms with Crippen LogP contribution in [0.5, 0.6) is 11.5 Å². The second-order valence-electron chi connectivity index (χ2n) is 10.6. The zero-order valence-corrected chi connectivity index (χ0v) is 24.4. The highest BCUT2D eigenvalue weighted by Crippen LogP contribution is 2.32. The van der Waals surface area contributed by atoms with E-state index < -0.39 is 17.8 Å². The topological polar surface area (TPSA) is 62.8 Å². The van der Waals surface area contributed by atoms with Gasteiger partial charge < -0.3 is 25.2 Å². The van der Waals surface area contributed by atoms with Gasteiger partial charge in [-0.3, -0.25) is 0 Å². The Bertz CT molecular complexity index is 1340. The van der Waals surface area contributed by atoms with Crippen LogP contribution in [0, 0.1) is 0 Å². The van der Waals surface area contributed by atoms with Gasteiger partial charge in [0.15, 0.2) is 0 Å². The zero-order chi connectivity index (χ0) is 30.3. The molecule has 0 fully saturated rings. The molecule has 2 atom stereocenters. The molecule has 4 aromatic rings. The third-order valence-corrected chi connectivity index (χ3v) is 7.23. The van der Waals surface area contributed by atoms with Crippen LogP contribution < -0.4 is 20.1 Å². The molecule has 230 valence electrons. The number of benzene rings is 4. The lowest BCUT2D eigenvalue weighted by Gasteiger charge is -2.20. The van der Waals surface area contributed by atoms with Crippen LogP contribution in [-0.4, -0.2) is 44.0 Å². The molecule has 0 heterocycles. The predicted octanol–water partition coefficient (Wildman–Crippen LogP) is 7.55. The van der Waals surface area contributed by atoms with Crippen molar-refractivity contribution in [3.05, 3.63) is 108 Å². The van der Waals surface area contributed by atoms with E-state index in [1.807, 2.05) is 72.8 Å². The number of hydrogen-bond donors (Lipinski definition) is 3. The maximum Gasteiger partial charge on any atom is 0.416 e. The minimum absolute atomic E-state index is 0.243. The number of rotatable bonds is 18. The number of unbranched alkanes of at least 4 members (excludes halogenated alkanes) is 3. The number of fused-ring (bicyclic) bond motifs is 1. The summed E-state index contributed by atoms with van der Waals surface area (Å²) in [6.07, 6.45) is -0.219. The molecular weight excluding hydrogens is 553 g/mol. The van der Waals surface area contributed by atoms with Crippen molar-refractivity contribution in [3.8, 4) is 11.5 Å². The summed E-state index contributed by atoms with van der Waals surface area (Å²) >= 11 is 0. The fourth-order valence-electron chi connectivity index (χ4n) is 4.89. The summed E-state index contributed by atoms with van der Waals surface area (Å²) in [5.41, 5.74) is 0.301. The number of ether oxygens (including phenoxy) is 2. The van der Waals surface area contributed by atoms with E-state index in [0.29, 0.717) is 18.7 Å². The molecule has 3 N–H and O–H groups in total. The first-order valence-corrected chi connectivity index (χ1v) is 15.0. The zero-order valence-electron chi connectivity index (χ0n) is 24.4. The van der Waals surface area contributed by atoms with Crippen LogP contribution in [0.2, 0.25) is 0 Å². The summed E-state index contributed by atoms with van der Waals surface area (Å²) in [6.45, 7) is 3.20. The van der Waals surface area contributed by atoms with Crippen molar-refractivity contribution in [2.75, 3.05) is 32.8 Å². The summed E-state index contributed by atoms with van der Waals surface area (Å²) < 4.78 is 50.6. The number of alkyl halides is 3. The van der Waals surface area contributed by atoms with Gasteiger partial charge in [0.05, 0.1) is 5.56 Å². The van der Waals surface area contributed by atoms with Crippen LogP contribution >= 0.6 is 0 Å². The maximum absolute atomic E-state index is 12.9. The quantitative estimate of drug-likeness (QED) is 0.104. The molecule has 4 aromatic carbocycles. The Morgan fingerprint density at radius 1 is 0.698 bits per heavy atom. The van der Waals surface area contributed by atoms with Crippen molar-refractivity contribution >= 4 is 10.8 Å². The molecule has 0 radical (unpaired) electrons. The van der Waals surface area contributed by atoms with Crippen molar-refractivity contribution < 1.29 is 27.8 Å². The van der Waals surface area contributed by atoms with Crippen molar-refractivity contribution in [1.82, 2.24) is 10.6 Å². The highest BCUT2D eigenvalue weighted by atomic mass is 19.4. The lowest BCUT2D eigenvalue weighted by atomic mass is 10.1. The molecular formula is C35H41F3N2O3. The minimum atomic E-state index is -4.37. The Hall–Kier alpha value is -3.59. The molecule has 5 nitrogen and oxygen atoms in total. The van der Waals surface area contributed by atoms with E-state index >= 15 is 0 Å². The Labute approximate surface area is 252 Å². The minimum Gasteiger partial charge on any atom is -0.490 e. The number of aliphatic hydroxyl groups excluding tert-OH is 1. The van der Waals surface area contributed by atoms with E-state index in [4.69, 9.17) is 9.47 Å². The second kappa shape index (κ2) is 16.9. The molecule has 0 aliphatic carbocycles. The van der Waals surface area contributed by atoms with Gasteiger partial charge in [0.2, 0.25) is 0 Å². The Morgan fingerprint density at radius 2 is 1.37 bits per heavy atom. The normalized spacial score (nSPS) is 13.1. The first-order chi connectivity index (χ1) is 20.9. The third-order valence-electron chi connectivity index (χ3n) is 7.23. The van der Waals surface area contributed by atoms with Gasteiger partial charge in [-0.15, -0.1) is 0 Å². The summed E-state index contributed by atoms with van der Waals surface area (Å²) in [5, 5.41) is 19.2. The fraction of sp³-hybridized carbons (Fsp3) is 0.371. The predicted molar refractivity (Wildman–Crippen MR) is 166 cm³/mol. The maximum atomic E-state index is 12.9. The average molecular weight is 595 g/mol. The SMILES string of the molecule is OC(CNCCCCCCNCCC(Oc1ccc(C(F)(F)F)cc1)c1ccccc1)COc1cccc2ccccc12. The number of halogens is 3. The molecule has 0 amide bonds. The monoisotopic (exact) mass is 594 g/mol. The third kappa shape index (κ3) is 10.9. The van der Waals surface area contributed by atoms with E-state index in [1.54, 1.807) is 0 Å². The van der Waals surface area contributed by atoms with Crippen LogP contribution in [0.15, 0.2) is 97.1 Å². The van der Waals surface area contributed by atoms with Gasteiger partial charge in [0.25, 0.3) is 0 Å². The smallest absolute Gasteiger partial charge is 0.416 e. The lowest BCUT2D eigenvalue weighted by Crippen LogP contribution is -2.32. The first kappa shape index (κ1) is 32.3. The van der Waals surface area contributed by atoms with Crippen LogP contribution in [0.25, 0.3) is 10.8 Å². The van der Waals surface area contributed by atoms with Gasteiger partial charge in [0, 0.05) is 18.4 Å². The Morgan fingerprint density at radius 3 is 2.12 bits per heavy atom. The molecule has 0 bridgehead atoms. The Kier molecular flexibility index (Phi) is 12.7. The lowest BCUT2D eigenvalue weighted by molar-refractivity contribution is -0.137. The van der Waals surface area contributed by atoms with Crippen molar-refractivity contribution in [1.29, 1.82) is 0 Å².